The molecule has 0 heterocycles. The van der Waals surface area contributed by atoms with Crippen molar-refractivity contribution in [1.29, 1.82) is 1.28 Å². The van der Waals surface area contributed by atoms with E-state index in [1.165, 1.54) is 0 Å². The van der Waals surface area contributed by atoms with Crippen molar-refractivity contribution in [3.05, 3.63) is 0 Å². The quantitative estimate of drug-likeness (QED) is 0.468. The standard InChI is InChI=1S/C4H12NO3P.H2/c1-4(2)5-3-8-9(6)7;/h4-5,9H,3H2,1-2H3,(H,6,7);1H/i9T;1+2T. The van der Waals surface area contributed by atoms with Crippen molar-refractivity contribution in [2.45, 2.75) is 19.9 Å². The molecule has 9 heavy (non-hydrogen) atoms. The second-order valence-corrected chi connectivity index (χ2v) is 2.60. The summed E-state index contributed by atoms with van der Waals surface area (Å²) in [7, 11) is -4.03. The molecule has 0 fully saturated rings. The van der Waals surface area contributed by atoms with Crippen LogP contribution >= 0.6 is 8.20 Å². The first-order chi connectivity index (χ1) is 5.42. The van der Waals surface area contributed by atoms with Crippen LogP contribution in [0.2, 0.25) is 0 Å². The van der Waals surface area contributed by atoms with E-state index in [2.05, 4.69) is 9.84 Å². The Labute approximate surface area is 59.5 Å². The van der Waals surface area contributed by atoms with Gasteiger partial charge in [0, 0.05) is 9.01 Å². The molecule has 0 saturated carbocycles. The largest absolute Gasteiger partial charge is 0.326 e. The summed E-state index contributed by atoms with van der Waals surface area (Å²) >= 11 is 0. The van der Waals surface area contributed by atoms with Crippen molar-refractivity contribution in [2.24, 2.45) is 0 Å². The van der Waals surface area contributed by atoms with E-state index < -0.39 is 8.20 Å². The molecule has 1 unspecified atom stereocenters. The Morgan fingerprint density at radius 2 is 2.78 bits per heavy atom. The Kier molecular flexibility index (Phi) is 3.22. The van der Waals surface area contributed by atoms with Crippen LogP contribution in [0.3, 0.4) is 0 Å². The molecule has 1 atom stereocenters. The molecule has 0 aromatic heterocycles. The van der Waals surface area contributed by atoms with Gasteiger partial charge in [-0.3, -0.25) is 14.4 Å². The normalized spacial score (nSPS) is 20.2. The average Bonchev–Trinajstić information content (AvgIpc) is 1.88. The number of hydrogen-bond acceptors (Lipinski definition) is 3. The van der Waals surface area contributed by atoms with Crippen LogP contribution in [0.4, 0.5) is 0 Å². The third-order valence-corrected chi connectivity index (χ3v) is 1.02. The number of rotatable bonds is 4. The molecule has 0 saturated heterocycles. The van der Waals surface area contributed by atoms with Crippen molar-refractivity contribution in [3.63, 3.8) is 0 Å². The van der Waals surface area contributed by atoms with Crippen molar-refractivity contribution in [2.75, 3.05) is 6.73 Å². The SMILES string of the molecule is [3H]P(=O)(O)OCNC(C)C.[3H][3H]. The Balaban J connectivity index is 0. The monoisotopic (exact) mass is 161 g/mol. The van der Waals surface area contributed by atoms with Crippen molar-refractivity contribution in [1.82, 2.24) is 5.32 Å². The van der Waals surface area contributed by atoms with Gasteiger partial charge in [-0.25, -0.2) is 0 Å². The second-order valence-electron chi connectivity index (χ2n) is 1.87. The molecule has 0 aromatic carbocycles. The lowest BCUT2D eigenvalue weighted by Gasteiger charge is -2.05. The highest BCUT2D eigenvalue weighted by atomic mass is 31.1. The zero-order chi connectivity index (χ0) is 10.2. The molecule has 0 aliphatic heterocycles. The Morgan fingerprint density at radius 3 is 3.11 bits per heavy atom. The smallest absolute Gasteiger partial charge is 0.317 e. The van der Waals surface area contributed by atoms with Gasteiger partial charge in [-0.1, -0.05) is 0 Å². The van der Waals surface area contributed by atoms with E-state index in [0.717, 1.165) is 0 Å². The van der Waals surface area contributed by atoms with Gasteiger partial charge >= 0.3 is 8.20 Å². The van der Waals surface area contributed by atoms with Crippen LogP contribution in [0.5, 0.6) is 0 Å². The molecular formula is C4H14NO3P. The molecule has 5 heteroatoms. The summed E-state index contributed by atoms with van der Waals surface area (Å²) in [4.78, 5) is 8.29. The fourth-order valence-corrected chi connectivity index (χ4v) is 0.444. The van der Waals surface area contributed by atoms with Gasteiger partial charge in [0.15, 0.2) is 1.28 Å². The van der Waals surface area contributed by atoms with Crippen LogP contribution in [0.1, 0.15) is 16.8 Å². The van der Waals surface area contributed by atoms with Gasteiger partial charge in [0.1, 0.15) is 6.73 Å². The molecule has 4 nitrogen and oxygen atoms in total. The lowest BCUT2D eigenvalue weighted by molar-refractivity contribution is 0.248. The van der Waals surface area contributed by atoms with E-state index in [1.807, 2.05) is 13.8 Å². The fourth-order valence-electron chi connectivity index (χ4n) is 0.259. The molecule has 0 rings (SSSR count). The third kappa shape index (κ3) is 8.11. The van der Waals surface area contributed by atoms with Gasteiger partial charge in [0.2, 0.25) is 0 Å². The van der Waals surface area contributed by atoms with Crippen LogP contribution in [0, 0.1) is 0 Å². The van der Waals surface area contributed by atoms with E-state index in [1.54, 1.807) is 0 Å². The molecule has 0 bridgehead atoms. The third-order valence-electron chi connectivity index (χ3n) is 0.667. The Bertz CT molecular complexity index is 140. The summed E-state index contributed by atoms with van der Waals surface area (Å²) in [6, 6.07) is 0.187. The van der Waals surface area contributed by atoms with E-state index in [4.69, 9.17) is 9.14 Å². The van der Waals surface area contributed by atoms with Gasteiger partial charge in [-0.05, 0) is 13.8 Å². The summed E-state index contributed by atoms with van der Waals surface area (Å²) in [6.07, 6.45) is 0. The van der Waals surface area contributed by atoms with Gasteiger partial charge in [-0.2, -0.15) is 0 Å². The zero-order valence-electron chi connectivity index (χ0n) is 8.50. The first-order valence-corrected chi connectivity index (χ1v) is 3.78. The zero-order valence-corrected chi connectivity index (χ0v) is 6.39. The summed E-state index contributed by atoms with van der Waals surface area (Å²) in [6.45, 7) is 3.68. The highest BCUT2D eigenvalue weighted by Crippen LogP contribution is 2.12. The van der Waals surface area contributed by atoms with Crippen molar-refractivity contribution >= 4 is 8.20 Å². The molecule has 0 aromatic rings. The summed E-state index contributed by atoms with van der Waals surface area (Å²) in [5, 5.41) is 2.73. The van der Waals surface area contributed by atoms with Crippen LogP contribution in [-0.2, 0) is 9.09 Å². The van der Waals surface area contributed by atoms with Crippen LogP contribution in [0.15, 0.2) is 0 Å². The highest BCUT2D eigenvalue weighted by molar-refractivity contribution is 7.32. The molecule has 0 radical (unpaired) electrons. The van der Waals surface area contributed by atoms with Gasteiger partial charge < -0.3 is 4.89 Å². The Hall–Kier alpha value is 0.110. The van der Waals surface area contributed by atoms with E-state index in [-0.39, 0.29) is 12.8 Å². The van der Waals surface area contributed by atoms with Crippen molar-refractivity contribution < 1.29 is 17.0 Å². The summed E-state index contributed by atoms with van der Waals surface area (Å²) < 4.78 is 30.8. The van der Waals surface area contributed by atoms with E-state index in [9.17, 15) is 4.57 Å². The van der Waals surface area contributed by atoms with E-state index >= 15 is 0 Å². The molecule has 0 aliphatic rings. The van der Waals surface area contributed by atoms with Crippen LogP contribution in [0.25, 0.3) is 0 Å². The maximum absolute atomic E-state index is 10.2. The first-order valence-electron chi connectivity index (χ1n) is 4.10. The van der Waals surface area contributed by atoms with Gasteiger partial charge in [0.25, 0.3) is 0 Å². The minimum atomic E-state index is -4.03. The number of hydrogen-bond donors (Lipinski definition) is 2. The molecule has 0 spiro atoms. The lowest BCUT2D eigenvalue weighted by atomic mass is 10.4. The molecule has 2 N–H and O–H groups in total. The molecule has 0 aliphatic carbocycles. The van der Waals surface area contributed by atoms with E-state index in [0.29, 0.717) is 0 Å². The Morgan fingerprint density at radius 1 is 2.22 bits per heavy atom. The highest BCUT2D eigenvalue weighted by Gasteiger charge is 1.92. The van der Waals surface area contributed by atoms with Gasteiger partial charge in [-0.15, -0.1) is 0 Å². The fraction of sp³-hybridized carbons (Fsp3) is 1.00. The van der Waals surface area contributed by atoms with Crippen LogP contribution < -0.4 is 5.32 Å². The summed E-state index contributed by atoms with van der Waals surface area (Å²) in [5.74, 6) is 0. The van der Waals surface area contributed by atoms with Crippen LogP contribution in [-0.4, -0.2) is 18.9 Å². The van der Waals surface area contributed by atoms with Gasteiger partial charge in [0.05, 0.1) is 0 Å². The number of nitrogens with one attached hydrogen (secondary N) is 1. The minimum Gasteiger partial charge on any atom is -0.326 e. The molecule has 58 valence electrons. The second kappa shape index (κ2) is 4.94. The first kappa shape index (κ1) is 5.86. The molecular weight excluding hydrogens is 141 g/mol. The topological polar surface area (TPSA) is 58.6 Å². The van der Waals surface area contributed by atoms with Crippen molar-refractivity contribution in [3.8, 4) is 0 Å². The minimum absolute atomic E-state index is 0.0606. The predicted octanol–water partition coefficient (Wildman–Crippen LogP) is 0.586. The lowest BCUT2D eigenvalue weighted by Crippen LogP contribution is -2.23. The maximum atomic E-state index is 10.2. The summed E-state index contributed by atoms with van der Waals surface area (Å²) in [5.41, 5.74) is 0. The maximum Gasteiger partial charge on any atom is 0.317 e. The molecule has 0 amide bonds. The predicted molar refractivity (Wildman–Crippen MR) is 37.6 cm³/mol. The average molecular weight is 161 g/mol.